The summed E-state index contributed by atoms with van der Waals surface area (Å²) >= 11 is 0. The fourth-order valence-electron chi connectivity index (χ4n) is 3.71. The number of rotatable bonds is 9. The molecule has 1 fully saturated rings. The van der Waals surface area contributed by atoms with Crippen LogP contribution in [-0.2, 0) is 27.5 Å². The normalized spacial score (nSPS) is 13.9. The molecule has 4 N–H and O–H groups in total. The summed E-state index contributed by atoms with van der Waals surface area (Å²) in [6, 6.07) is 9.21. The van der Waals surface area contributed by atoms with Crippen LogP contribution >= 0.6 is 0 Å². The molecule has 0 radical (unpaired) electrons. The molecular formula is C24H25F3N8O4S. The van der Waals surface area contributed by atoms with Crippen molar-refractivity contribution < 1.29 is 31.2 Å². The number of anilines is 4. The molecule has 1 aliphatic heterocycles. The van der Waals surface area contributed by atoms with Crippen molar-refractivity contribution in [2.45, 2.75) is 19.6 Å². The lowest BCUT2D eigenvalue weighted by Gasteiger charge is -2.26. The third-order valence-electron chi connectivity index (χ3n) is 5.76. The number of hydrogen-bond donors (Lipinski definition) is 4. The van der Waals surface area contributed by atoms with E-state index in [1.165, 1.54) is 36.2 Å². The molecule has 16 heteroatoms. The van der Waals surface area contributed by atoms with E-state index in [0.717, 1.165) is 0 Å². The highest BCUT2D eigenvalue weighted by Crippen LogP contribution is 2.34. The van der Waals surface area contributed by atoms with Gasteiger partial charge in [-0.25, -0.2) is 18.4 Å². The molecule has 40 heavy (non-hydrogen) atoms. The lowest BCUT2D eigenvalue weighted by atomic mass is 10.1. The molecule has 1 saturated heterocycles. The average Bonchev–Trinajstić information content (AvgIpc) is 2.91. The van der Waals surface area contributed by atoms with Gasteiger partial charge in [0, 0.05) is 48.8 Å². The van der Waals surface area contributed by atoms with Crippen molar-refractivity contribution >= 4 is 45.1 Å². The summed E-state index contributed by atoms with van der Waals surface area (Å²) in [5.74, 6) is -1.62. The third kappa shape index (κ3) is 7.13. The summed E-state index contributed by atoms with van der Waals surface area (Å²) in [5, 5.41) is 8.03. The Labute approximate surface area is 227 Å². The molecule has 3 heterocycles. The Hall–Kier alpha value is -4.47. The lowest BCUT2D eigenvalue weighted by Crippen LogP contribution is -2.49. The molecule has 12 nitrogen and oxygen atoms in total. The Bertz CT molecular complexity index is 1520. The van der Waals surface area contributed by atoms with Crippen LogP contribution in [0, 0.1) is 0 Å². The molecule has 1 aromatic carbocycles. The first-order valence-electron chi connectivity index (χ1n) is 12.0. The number of hydrogen-bond acceptors (Lipinski definition) is 9. The van der Waals surface area contributed by atoms with Gasteiger partial charge in [-0.15, -0.1) is 0 Å². The molecule has 0 unspecified atom stereocenters. The topological polar surface area (TPSA) is 158 Å². The maximum absolute atomic E-state index is 13.7. The van der Waals surface area contributed by atoms with Gasteiger partial charge in [0.25, 0.3) is 5.91 Å². The average molecular weight is 579 g/mol. The first-order valence-corrected chi connectivity index (χ1v) is 13.7. The quantitative estimate of drug-likeness (QED) is 0.299. The molecule has 3 aromatic rings. The largest absolute Gasteiger partial charge is 0.421 e. The highest BCUT2D eigenvalue weighted by molar-refractivity contribution is 7.92. The van der Waals surface area contributed by atoms with Crippen LogP contribution in [-0.4, -0.2) is 65.5 Å². The van der Waals surface area contributed by atoms with E-state index in [1.807, 2.05) is 0 Å². The Morgan fingerprint density at radius 3 is 2.67 bits per heavy atom. The Balaban J connectivity index is 1.55. The maximum atomic E-state index is 13.7. The molecule has 2 aromatic heterocycles. The minimum Gasteiger partial charge on any atom is -0.365 e. The van der Waals surface area contributed by atoms with Crippen LogP contribution in [0.15, 0.2) is 48.8 Å². The van der Waals surface area contributed by atoms with Crippen molar-refractivity contribution in [2.75, 3.05) is 40.7 Å². The van der Waals surface area contributed by atoms with E-state index < -0.39 is 27.6 Å². The maximum Gasteiger partial charge on any atom is 0.421 e. The second kappa shape index (κ2) is 11.7. The van der Waals surface area contributed by atoms with Gasteiger partial charge in [0.1, 0.15) is 17.2 Å². The number of carbonyl (C=O) groups is 2. The number of amides is 2. The van der Waals surface area contributed by atoms with Crippen LogP contribution in [0.5, 0.6) is 0 Å². The highest BCUT2D eigenvalue weighted by Gasteiger charge is 2.35. The van der Waals surface area contributed by atoms with E-state index in [1.54, 1.807) is 18.2 Å². The molecular weight excluding hydrogens is 553 g/mol. The molecule has 0 aliphatic carbocycles. The zero-order valence-electron chi connectivity index (χ0n) is 21.1. The summed E-state index contributed by atoms with van der Waals surface area (Å²) < 4.78 is 67.4. The van der Waals surface area contributed by atoms with Crippen LogP contribution in [0.25, 0.3) is 0 Å². The van der Waals surface area contributed by atoms with Crippen LogP contribution in [0.2, 0.25) is 0 Å². The first kappa shape index (κ1) is 28.5. The van der Waals surface area contributed by atoms with E-state index in [4.69, 9.17) is 0 Å². The summed E-state index contributed by atoms with van der Waals surface area (Å²) in [6.45, 7) is 1.81. The molecule has 4 rings (SSSR count). The van der Waals surface area contributed by atoms with E-state index in [-0.39, 0.29) is 48.0 Å². The number of benzene rings is 1. The third-order valence-corrected chi connectivity index (χ3v) is 7.02. The van der Waals surface area contributed by atoms with Gasteiger partial charge < -0.3 is 20.9 Å². The first-order chi connectivity index (χ1) is 18.9. The predicted molar refractivity (Wildman–Crippen MR) is 140 cm³/mol. The summed E-state index contributed by atoms with van der Waals surface area (Å²) in [4.78, 5) is 37.6. The Kier molecular flexibility index (Phi) is 8.37. The summed E-state index contributed by atoms with van der Waals surface area (Å²) in [6.07, 6.45) is -2.82. The number of pyridine rings is 1. The second-order valence-electron chi connectivity index (χ2n) is 8.61. The molecule has 0 spiro atoms. The minimum absolute atomic E-state index is 0.0227. The number of aromatic nitrogens is 3. The number of nitrogens with zero attached hydrogens (tertiary/aromatic N) is 4. The van der Waals surface area contributed by atoms with Gasteiger partial charge in [-0.3, -0.25) is 14.3 Å². The van der Waals surface area contributed by atoms with Crippen LogP contribution < -0.4 is 20.7 Å². The molecule has 0 saturated carbocycles. The Morgan fingerprint density at radius 2 is 1.95 bits per heavy atom. The van der Waals surface area contributed by atoms with Crippen LogP contribution in [0.1, 0.15) is 28.4 Å². The number of alkyl halides is 3. The summed E-state index contributed by atoms with van der Waals surface area (Å²) in [5.41, 5.74) is -0.242. The molecule has 1 aliphatic rings. The van der Waals surface area contributed by atoms with Gasteiger partial charge in [-0.2, -0.15) is 18.2 Å². The predicted octanol–water partition coefficient (Wildman–Crippen LogP) is 2.58. The van der Waals surface area contributed by atoms with Crippen molar-refractivity contribution in [3.63, 3.8) is 0 Å². The van der Waals surface area contributed by atoms with Gasteiger partial charge in [-0.1, -0.05) is 12.1 Å². The van der Waals surface area contributed by atoms with Crippen molar-refractivity contribution in [1.29, 1.82) is 0 Å². The second-order valence-corrected chi connectivity index (χ2v) is 10.6. The van der Waals surface area contributed by atoms with E-state index in [2.05, 4.69) is 35.6 Å². The fourth-order valence-corrected chi connectivity index (χ4v) is 4.33. The van der Waals surface area contributed by atoms with Crippen molar-refractivity contribution in [3.8, 4) is 0 Å². The van der Waals surface area contributed by atoms with Gasteiger partial charge in [0.15, 0.2) is 0 Å². The molecule has 0 bridgehead atoms. The van der Waals surface area contributed by atoms with E-state index in [9.17, 15) is 31.2 Å². The SMILES string of the molecule is CCS(=O)(=O)Nc1ncccc1CNc1nc(Nc2cccc(C(=O)N3CCNC(=O)C3)c2)ncc1C(F)(F)F. The van der Waals surface area contributed by atoms with Gasteiger partial charge in [0.05, 0.1) is 12.3 Å². The van der Waals surface area contributed by atoms with Crippen LogP contribution in [0.4, 0.5) is 36.4 Å². The fraction of sp³-hybridized carbons (Fsp3) is 0.292. The van der Waals surface area contributed by atoms with E-state index >= 15 is 0 Å². The minimum atomic E-state index is -4.78. The lowest BCUT2D eigenvalue weighted by molar-refractivity contribution is -0.137. The standard InChI is InChI=1S/C24H25F3N8O4S/c1-2-40(38,39)34-20-16(6-4-8-29-20)12-30-21-18(24(25,26)27)13-31-23(33-21)32-17-7-3-5-15(11-17)22(37)35-10-9-28-19(36)14-35/h3-8,11,13H,2,9-10,12,14H2,1H3,(H,28,36)(H,29,34)(H2,30,31,32,33). The van der Waals surface area contributed by atoms with Crippen molar-refractivity contribution in [1.82, 2.24) is 25.2 Å². The smallest absolute Gasteiger partial charge is 0.365 e. The Morgan fingerprint density at radius 1 is 1.15 bits per heavy atom. The molecule has 212 valence electrons. The number of sulfonamides is 1. The van der Waals surface area contributed by atoms with Crippen LogP contribution in [0.3, 0.4) is 0 Å². The summed E-state index contributed by atoms with van der Waals surface area (Å²) in [7, 11) is -3.67. The van der Waals surface area contributed by atoms with Crippen molar-refractivity contribution in [3.05, 3.63) is 65.5 Å². The zero-order chi connectivity index (χ0) is 28.9. The van der Waals surface area contributed by atoms with Crippen molar-refractivity contribution in [2.24, 2.45) is 0 Å². The molecule has 0 atom stereocenters. The number of halogens is 3. The van der Waals surface area contributed by atoms with Gasteiger partial charge in [-0.05, 0) is 31.2 Å². The molecule has 2 amide bonds. The monoisotopic (exact) mass is 578 g/mol. The van der Waals surface area contributed by atoms with Gasteiger partial charge in [0.2, 0.25) is 21.9 Å². The number of nitrogens with one attached hydrogen (secondary N) is 4. The highest BCUT2D eigenvalue weighted by atomic mass is 32.2. The van der Waals surface area contributed by atoms with E-state index in [0.29, 0.717) is 30.5 Å². The number of carbonyl (C=O) groups excluding carboxylic acids is 2. The van der Waals surface area contributed by atoms with Gasteiger partial charge >= 0.3 is 6.18 Å². The zero-order valence-corrected chi connectivity index (χ0v) is 21.9. The number of piperazine rings is 1.